The van der Waals surface area contributed by atoms with E-state index in [1.807, 2.05) is 12.1 Å². The van der Waals surface area contributed by atoms with Crippen LogP contribution in [0.4, 0.5) is 0 Å². The Labute approximate surface area is 167 Å². The molecule has 2 N–H and O–H groups in total. The zero-order valence-corrected chi connectivity index (χ0v) is 16.3. The molecule has 1 fully saturated rings. The van der Waals surface area contributed by atoms with Crippen LogP contribution < -0.4 is 9.46 Å². The van der Waals surface area contributed by atoms with Crippen molar-refractivity contribution >= 4 is 33.7 Å². The Kier molecular flexibility index (Phi) is 4.91. The normalized spacial score (nSPS) is 23.4. The van der Waals surface area contributed by atoms with E-state index in [0.29, 0.717) is 22.8 Å². The van der Waals surface area contributed by atoms with Gasteiger partial charge in [0, 0.05) is 34.2 Å². The number of rotatable bonds is 5. The second-order valence-electron chi connectivity index (χ2n) is 6.88. The molecule has 0 saturated heterocycles. The lowest BCUT2D eigenvalue weighted by atomic mass is 9.93. The Hall–Kier alpha value is -2.35. The molecule has 8 heteroatoms. The molecule has 0 bridgehead atoms. The lowest BCUT2D eigenvalue weighted by Gasteiger charge is -2.19. The topological polar surface area (TPSA) is 92.7 Å². The van der Waals surface area contributed by atoms with Crippen LogP contribution in [-0.2, 0) is 14.8 Å². The van der Waals surface area contributed by atoms with E-state index in [2.05, 4.69) is 4.72 Å². The predicted octanol–water partition coefficient (Wildman–Crippen LogP) is 3.42. The molecule has 3 atom stereocenters. The third kappa shape index (κ3) is 3.53. The number of fused-ring (bicyclic) bond motifs is 3. The maximum Gasteiger partial charge on any atom is 0.328 e. The summed E-state index contributed by atoms with van der Waals surface area (Å²) in [4.78, 5) is 11.0. The molecule has 0 spiro atoms. The van der Waals surface area contributed by atoms with Crippen LogP contribution >= 0.6 is 11.6 Å². The molecule has 2 aromatic carbocycles. The Morgan fingerprint density at radius 1 is 1.18 bits per heavy atom. The highest BCUT2D eigenvalue weighted by molar-refractivity contribution is 7.89. The summed E-state index contributed by atoms with van der Waals surface area (Å²) in [6.07, 6.45) is 3.81. The van der Waals surface area contributed by atoms with Gasteiger partial charge in [-0.1, -0.05) is 29.8 Å². The molecule has 1 heterocycles. The second-order valence-corrected chi connectivity index (χ2v) is 9.03. The molecule has 146 valence electrons. The third-order valence-corrected chi connectivity index (χ3v) is 6.89. The number of ether oxygens (including phenoxy) is 1. The van der Waals surface area contributed by atoms with Crippen molar-refractivity contribution in [3.05, 3.63) is 64.7 Å². The molecule has 0 radical (unpaired) electrons. The van der Waals surface area contributed by atoms with Gasteiger partial charge in [-0.2, -0.15) is 0 Å². The monoisotopic (exact) mass is 419 g/mol. The van der Waals surface area contributed by atoms with E-state index < -0.39 is 16.0 Å². The third-order valence-electron chi connectivity index (χ3n) is 5.14. The Bertz CT molecular complexity index is 1050. The van der Waals surface area contributed by atoms with Gasteiger partial charge in [0.25, 0.3) is 0 Å². The maximum absolute atomic E-state index is 12.8. The van der Waals surface area contributed by atoms with Gasteiger partial charge >= 0.3 is 5.97 Å². The molecule has 0 aromatic heterocycles. The largest absolute Gasteiger partial charge is 0.489 e. The average molecular weight is 420 g/mol. The van der Waals surface area contributed by atoms with Crippen LogP contribution in [0.25, 0.3) is 6.08 Å². The van der Waals surface area contributed by atoms with E-state index in [1.165, 1.54) is 18.2 Å². The molecular formula is C20H18ClNO5S. The van der Waals surface area contributed by atoms with Crippen molar-refractivity contribution in [2.24, 2.45) is 0 Å². The Morgan fingerprint density at radius 2 is 1.93 bits per heavy atom. The number of hydrogen-bond donors (Lipinski definition) is 2. The number of nitrogens with one attached hydrogen (secondary N) is 1. The fourth-order valence-corrected chi connectivity index (χ4v) is 5.36. The molecule has 1 aliphatic carbocycles. The van der Waals surface area contributed by atoms with Crippen molar-refractivity contribution in [2.45, 2.75) is 35.8 Å². The van der Waals surface area contributed by atoms with E-state index in [0.717, 1.165) is 18.1 Å². The second kappa shape index (κ2) is 7.24. The van der Waals surface area contributed by atoms with Crippen LogP contribution in [0.5, 0.6) is 5.75 Å². The molecule has 6 nitrogen and oxygen atoms in total. The van der Waals surface area contributed by atoms with Gasteiger partial charge in [0.05, 0.1) is 4.90 Å². The zero-order valence-electron chi connectivity index (χ0n) is 14.7. The van der Waals surface area contributed by atoms with Gasteiger partial charge in [0.1, 0.15) is 11.9 Å². The summed E-state index contributed by atoms with van der Waals surface area (Å²) >= 11 is 5.85. The highest BCUT2D eigenvalue weighted by atomic mass is 35.5. The van der Waals surface area contributed by atoms with Gasteiger partial charge in [-0.15, -0.1) is 0 Å². The Balaban J connectivity index is 1.62. The van der Waals surface area contributed by atoms with E-state index in [-0.39, 0.29) is 23.0 Å². The van der Waals surface area contributed by atoms with Gasteiger partial charge in [-0.3, -0.25) is 0 Å². The number of hydrogen-bond acceptors (Lipinski definition) is 4. The molecule has 2 aromatic rings. The van der Waals surface area contributed by atoms with Gasteiger partial charge in [0.2, 0.25) is 10.0 Å². The summed E-state index contributed by atoms with van der Waals surface area (Å²) in [5.41, 5.74) is 1.58. The molecule has 28 heavy (non-hydrogen) atoms. The van der Waals surface area contributed by atoms with Crippen molar-refractivity contribution in [1.29, 1.82) is 0 Å². The van der Waals surface area contributed by atoms with Crippen LogP contribution in [0.3, 0.4) is 0 Å². The Morgan fingerprint density at radius 3 is 2.64 bits per heavy atom. The number of carboxylic acids is 1. The van der Waals surface area contributed by atoms with E-state index in [9.17, 15) is 13.2 Å². The number of carboxylic acid groups (broad SMARTS) is 1. The molecule has 4 rings (SSSR count). The first-order valence-electron chi connectivity index (χ1n) is 8.83. The highest BCUT2D eigenvalue weighted by Gasteiger charge is 2.46. The van der Waals surface area contributed by atoms with Crippen LogP contribution in [0.15, 0.2) is 53.4 Å². The SMILES string of the molecule is O=C(O)/C=C/c1cccc2c1OC1CCC(NS(=O)(=O)c3ccc(Cl)cc3)C21. The summed E-state index contributed by atoms with van der Waals surface area (Å²) in [6, 6.07) is 11.3. The van der Waals surface area contributed by atoms with Gasteiger partial charge < -0.3 is 9.84 Å². The van der Waals surface area contributed by atoms with Crippen LogP contribution in [0.1, 0.15) is 29.9 Å². The molecule has 1 saturated carbocycles. The highest BCUT2D eigenvalue weighted by Crippen LogP contribution is 2.49. The number of para-hydroxylation sites is 1. The molecular weight excluding hydrogens is 402 g/mol. The van der Waals surface area contributed by atoms with Crippen LogP contribution in [0.2, 0.25) is 5.02 Å². The van der Waals surface area contributed by atoms with Crippen molar-refractivity contribution < 1.29 is 23.1 Å². The summed E-state index contributed by atoms with van der Waals surface area (Å²) in [5.74, 6) is -0.523. The summed E-state index contributed by atoms with van der Waals surface area (Å²) in [6.45, 7) is 0. The summed E-state index contributed by atoms with van der Waals surface area (Å²) < 4.78 is 34.4. The summed E-state index contributed by atoms with van der Waals surface area (Å²) in [7, 11) is -3.69. The minimum absolute atomic E-state index is 0.116. The molecule has 3 unspecified atom stereocenters. The predicted molar refractivity (Wildman–Crippen MR) is 105 cm³/mol. The fourth-order valence-electron chi connectivity index (χ4n) is 3.94. The van der Waals surface area contributed by atoms with E-state index in [4.69, 9.17) is 21.4 Å². The lowest BCUT2D eigenvalue weighted by molar-refractivity contribution is -0.131. The lowest BCUT2D eigenvalue weighted by Crippen LogP contribution is -2.37. The molecule has 0 amide bonds. The number of sulfonamides is 1. The quantitative estimate of drug-likeness (QED) is 0.724. The number of aliphatic carboxylic acids is 1. The van der Waals surface area contributed by atoms with E-state index in [1.54, 1.807) is 18.2 Å². The number of benzene rings is 2. The van der Waals surface area contributed by atoms with Crippen LogP contribution in [0, 0.1) is 0 Å². The first kappa shape index (κ1) is 19.0. The van der Waals surface area contributed by atoms with Crippen molar-refractivity contribution in [3.8, 4) is 5.75 Å². The number of halogens is 1. The first-order chi connectivity index (χ1) is 13.3. The van der Waals surface area contributed by atoms with Crippen molar-refractivity contribution in [3.63, 3.8) is 0 Å². The van der Waals surface area contributed by atoms with Gasteiger partial charge in [0.15, 0.2) is 0 Å². The van der Waals surface area contributed by atoms with Crippen molar-refractivity contribution in [2.75, 3.05) is 0 Å². The summed E-state index contributed by atoms with van der Waals surface area (Å²) in [5, 5.41) is 9.34. The van der Waals surface area contributed by atoms with Gasteiger partial charge in [-0.25, -0.2) is 17.9 Å². The van der Waals surface area contributed by atoms with Gasteiger partial charge in [-0.05, 0) is 43.2 Å². The zero-order chi connectivity index (χ0) is 19.9. The molecule has 1 aliphatic heterocycles. The number of carbonyl (C=O) groups is 1. The molecule has 2 aliphatic rings. The average Bonchev–Trinajstić information content (AvgIpc) is 3.20. The maximum atomic E-state index is 12.8. The smallest absolute Gasteiger partial charge is 0.328 e. The minimum atomic E-state index is -3.69. The standard InChI is InChI=1S/C20H18ClNO5S/c21-13-5-7-14(8-6-13)28(25,26)22-16-9-10-17-19(16)15-3-1-2-12(20(15)27-17)4-11-18(23)24/h1-8,11,16-17,19,22H,9-10H2,(H,23,24)/b11-4+. The van der Waals surface area contributed by atoms with E-state index >= 15 is 0 Å². The van der Waals surface area contributed by atoms with Crippen LogP contribution in [-0.4, -0.2) is 31.6 Å². The first-order valence-corrected chi connectivity index (χ1v) is 10.7. The minimum Gasteiger partial charge on any atom is -0.489 e. The van der Waals surface area contributed by atoms with Crippen molar-refractivity contribution in [1.82, 2.24) is 4.72 Å². The fraction of sp³-hybridized carbons (Fsp3) is 0.250.